The molecule has 0 radical (unpaired) electrons. The summed E-state index contributed by atoms with van der Waals surface area (Å²) < 4.78 is 15.3. The largest absolute Gasteiger partial charge is 0.495 e. The summed E-state index contributed by atoms with van der Waals surface area (Å²) in [5.41, 5.74) is 1.16. The van der Waals surface area contributed by atoms with Crippen molar-refractivity contribution in [3.63, 3.8) is 0 Å². The lowest BCUT2D eigenvalue weighted by Gasteiger charge is -2.13. The van der Waals surface area contributed by atoms with E-state index in [9.17, 15) is 4.79 Å². The summed E-state index contributed by atoms with van der Waals surface area (Å²) in [6, 6.07) is 4.90. The van der Waals surface area contributed by atoms with Crippen molar-refractivity contribution in [2.75, 3.05) is 19.5 Å². The molecule has 2 N–H and O–H groups in total. The second-order valence-corrected chi connectivity index (χ2v) is 4.53. The highest BCUT2D eigenvalue weighted by Gasteiger charge is 2.15. The molecular formula is C14H14ClNO5. The van der Waals surface area contributed by atoms with E-state index >= 15 is 0 Å². The minimum Gasteiger partial charge on any atom is -0.495 e. The topological polar surface area (TPSA) is 80.9 Å². The normalized spacial score (nSPS) is 10.2. The maximum absolute atomic E-state index is 11.0. The number of hydrogen-bond donors (Lipinski definition) is 2. The first kappa shape index (κ1) is 15.1. The molecule has 112 valence electrons. The van der Waals surface area contributed by atoms with Crippen molar-refractivity contribution in [1.29, 1.82) is 0 Å². The van der Waals surface area contributed by atoms with Crippen LogP contribution >= 0.6 is 11.6 Å². The SMILES string of the molecule is COc1cc(NCc2ccoc2C(=O)O)c(OC)cc1Cl. The number of carboxylic acids is 1. The number of aromatic carboxylic acids is 1. The highest BCUT2D eigenvalue weighted by atomic mass is 35.5. The van der Waals surface area contributed by atoms with Crippen LogP contribution < -0.4 is 14.8 Å². The molecule has 1 aromatic heterocycles. The van der Waals surface area contributed by atoms with Crippen LogP contribution in [0.2, 0.25) is 5.02 Å². The summed E-state index contributed by atoms with van der Waals surface area (Å²) in [7, 11) is 3.03. The Kier molecular flexibility index (Phi) is 4.59. The molecule has 0 aliphatic carbocycles. The van der Waals surface area contributed by atoms with Crippen molar-refractivity contribution in [3.8, 4) is 11.5 Å². The van der Waals surface area contributed by atoms with Gasteiger partial charge in [-0.1, -0.05) is 11.6 Å². The van der Waals surface area contributed by atoms with Crippen molar-refractivity contribution < 1.29 is 23.8 Å². The molecule has 1 heterocycles. The summed E-state index contributed by atoms with van der Waals surface area (Å²) in [6.07, 6.45) is 1.33. The number of carbonyl (C=O) groups is 1. The molecule has 2 rings (SSSR count). The van der Waals surface area contributed by atoms with E-state index in [0.29, 0.717) is 27.8 Å². The van der Waals surface area contributed by atoms with E-state index < -0.39 is 5.97 Å². The van der Waals surface area contributed by atoms with Gasteiger partial charge in [-0.2, -0.15) is 0 Å². The molecule has 1 aromatic carbocycles. The van der Waals surface area contributed by atoms with Crippen LogP contribution in [0.4, 0.5) is 5.69 Å². The van der Waals surface area contributed by atoms with Crippen molar-refractivity contribution in [2.24, 2.45) is 0 Å². The van der Waals surface area contributed by atoms with Gasteiger partial charge < -0.3 is 24.3 Å². The quantitative estimate of drug-likeness (QED) is 0.852. The molecule has 0 amide bonds. The van der Waals surface area contributed by atoms with Crippen LogP contribution in [0.5, 0.6) is 11.5 Å². The third-order valence-corrected chi connectivity index (χ3v) is 3.18. The standard InChI is InChI=1S/C14H14ClNO5/c1-19-11-6-10(12(20-2)5-9(11)15)16-7-8-3-4-21-13(8)14(17)18/h3-6,16H,7H2,1-2H3,(H,17,18). The van der Waals surface area contributed by atoms with Crippen LogP contribution in [-0.2, 0) is 6.54 Å². The number of nitrogens with one attached hydrogen (secondary N) is 1. The smallest absolute Gasteiger partial charge is 0.372 e. The van der Waals surface area contributed by atoms with E-state index in [4.69, 9.17) is 30.6 Å². The second kappa shape index (κ2) is 6.41. The highest BCUT2D eigenvalue weighted by molar-refractivity contribution is 6.32. The van der Waals surface area contributed by atoms with Gasteiger partial charge in [0.1, 0.15) is 11.5 Å². The molecule has 0 spiro atoms. The second-order valence-electron chi connectivity index (χ2n) is 4.12. The molecule has 0 unspecified atom stereocenters. The van der Waals surface area contributed by atoms with Gasteiger partial charge in [0.2, 0.25) is 5.76 Å². The highest BCUT2D eigenvalue weighted by Crippen LogP contribution is 2.36. The summed E-state index contributed by atoms with van der Waals surface area (Å²) >= 11 is 6.02. The lowest BCUT2D eigenvalue weighted by Crippen LogP contribution is -2.06. The Morgan fingerprint density at radius 2 is 2.05 bits per heavy atom. The van der Waals surface area contributed by atoms with E-state index in [1.165, 1.54) is 20.5 Å². The first-order chi connectivity index (χ1) is 10.1. The van der Waals surface area contributed by atoms with Crippen LogP contribution in [0.25, 0.3) is 0 Å². The maximum Gasteiger partial charge on any atom is 0.372 e. The fraction of sp³-hybridized carbons (Fsp3) is 0.214. The number of carboxylic acid groups (broad SMARTS) is 1. The fourth-order valence-electron chi connectivity index (χ4n) is 1.85. The van der Waals surface area contributed by atoms with Gasteiger partial charge in [0.15, 0.2) is 0 Å². The molecule has 0 aliphatic heterocycles. The lowest BCUT2D eigenvalue weighted by molar-refractivity contribution is 0.0661. The average molecular weight is 312 g/mol. The molecule has 0 atom stereocenters. The number of methoxy groups -OCH3 is 2. The van der Waals surface area contributed by atoms with Gasteiger partial charge in [-0.25, -0.2) is 4.79 Å². The molecule has 2 aromatic rings. The molecule has 7 heteroatoms. The Labute approximate surface area is 126 Å². The van der Waals surface area contributed by atoms with Gasteiger partial charge in [-0.3, -0.25) is 0 Å². The van der Waals surface area contributed by atoms with Gasteiger partial charge >= 0.3 is 5.97 Å². The van der Waals surface area contributed by atoms with Crippen LogP contribution in [0.15, 0.2) is 28.9 Å². The van der Waals surface area contributed by atoms with E-state index in [2.05, 4.69) is 5.32 Å². The van der Waals surface area contributed by atoms with E-state index in [0.717, 1.165) is 0 Å². The number of ether oxygens (including phenoxy) is 2. The first-order valence-electron chi connectivity index (χ1n) is 6.02. The minimum atomic E-state index is -1.11. The Bertz CT molecular complexity index is 653. The first-order valence-corrected chi connectivity index (χ1v) is 6.39. The number of rotatable bonds is 6. The number of halogens is 1. The Hall–Kier alpha value is -2.34. The fourth-order valence-corrected chi connectivity index (χ4v) is 2.08. The molecular weight excluding hydrogens is 298 g/mol. The predicted molar refractivity (Wildman–Crippen MR) is 77.6 cm³/mol. The number of benzene rings is 1. The maximum atomic E-state index is 11.0. The Balaban J connectivity index is 2.23. The van der Waals surface area contributed by atoms with Gasteiger partial charge in [-0.15, -0.1) is 0 Å². The average Bonchev–Trinajstić information content (AvgIpc) is 2.94. The van der Waals surface area contributed by atoms with Gasteiger partial charge in [-0.05, 0) is 6.07 Å². The molecule has 6 nitrogen and oxygen atoms in total. The molecule has 21 heavy (non-hydrogen) atoms. The van der Waals surface area contributed by atoms with Crippen molar-refractivity contribution >= 4 is 23.3 Å². The zero-order chi connectivity index (χ0) is 15.4. The van der Waals surface area contributed by atoms with Crippen LogP contribution in [0.1, 0.15) is 16.1 Å². The van der Waals surface area contributed by atoms with Crippen LogP contribution in [0.3, 0.4) is 0 Å². The third-order valence-electron chi connectivity index (χ3n) is 2.88. The van der Waals surface area contributed by atoms with Crippen LogP contribution in [0, 0.1) is 0 Å². The van der Waals surface area contributed by atoms with E-state index in [-0.39, 0.29) is 12.3 Å². The van der Waals surface area contributed by atoms with Crippen molar-refractivity contribution in [3.05, 3.63) is 40.8 Å². The molecule has 0 bridgehead atoms. The Morgan fingerprint density at radius 3 is 2.67 bits per heavy atom. The minimum absolute atomic E-state index is 0.0950. The third kappa shape index (κ3) is 3.22. The van der Waals surface area contributed by atoms with E-state index in [1.807, 2.05) is 0 Å². The van der Waals surface area contributed by atoms with Crippen LogP contribution in [-0.4, -0.2) is 25.3 Å². The Morgan fingerprint density at radius 1 is 1.33 bits per heavy atom. The lowest BCUT2D eigenvalue weighted by atomic mass is 10.2. The zero-order valence-corrected chi connectivity index (χ0v) is 12.2. The van der Waals surface area contributed by atoms with Gasteiger partial charge in [0.05, 0.1) is 31.2 Å². The molecule has 0 aliphatic rings. The van der Waals surface area contributed by atoms with Gasteiger partial charge in [0, 0.05) is 24.2 Å². The van der Waals surface area contributed by atoms with E-state index in [1.54, 1.807) is 18.2 Å². The number of furan rings is 1. The summed E-state index contributed by atoms with van der Waals surface area (Å²) in [6.45, 7) is 0.263. The molecule has 0 fully saturated rings. The zero-order valence-electron chi connectivity index (χ0n) is 11.5. The van der Waals surface area contributed by atoms with Crippen molar-refractivity contribution in [1.82, 2.24) is 0 Å². The predicted octanol–water partition coefficient (Wildman–Crippen LogP) is 3.26. The van der Waals surface area contributed by atoms with Gasteiger partial charge in [0.25, 0.3) is 0 Å². The number of hydrogen-bond acceptors (Lipinski definition) is 5. The number of anilines is 1. The van der Waals surface area contributed by atoms with Crippen molar-refractivity contribution in [2.45, 2.75) is 6.54 Å². The molecule has 0 saturated heterocycles. The summed E-state index contributed by atoms with van der Waals surface area (Å²) in [4.78, 5) is 11.0. The monoisotopic (exact) mass is 311 g/mol. The molecule has 0 saturated carbocycles. The summed E-state index contributed by atoms with van der Waals surface area (Å²) in [5, 5.41) is 12.5. The summed E-state index contributed by atoms with van der Waals surface area (Å²) in [5.74, 6) is -0.188.